The Hall–Kier alpha value is -2.01. The van der Waals surface area contributed by atoms with Gasteiger partial charge in [-0.3, -0.25) is 4.79 Å². The minimum absolute atomic E-state index is 0.0396. The summed E-state index contributed by atoms with van der Waals surface area (Å²) < 4.78 is 10.7. The second-order valence-electron chi connectivity index (χ2n) is 7.29. The summed E-state index contributed by atoms with van der Waals surface area (Å²) in [5, 5.41) is 4.51. The van der Waals surface area contributed by atoms with Gasteiger partial charge < -0.3 is 19.8 Å². The summed E-state index contributed by atoms with van der Waals surface area (Å²) >= 11 is 0. The summed E-state index contributed by atoms with van der Waals surface area (Å²) in [4.78, 5) is 15.8. The number of ether oxygens (including phenoxy) is 2. The summed E-state index contributed by atoms with van der Waals surface area (Å²) in [6, 6.07) is 6.43. The van der Waals surface area contributed by atoms with Crippen molar-refractivity contribution in [3.63, 3.8) is 0 Å². The first-order valence-electron chi connectivity index (χ1n) is 9.27. The number of hydrogen-bond donors (Lipinski definition) is 2. The monoisotopic (exact) mass is 342 g/mol. The predicted octanol–water partition coefficient (Wildman–Crippen LogP) is 3.36. The van der Waals surface area contributed by atoms with Crippen molar-refractivity contribution >= 4 is 16.8 Å². The van der Waals surface area contributed by atoms with Gasteiger partial charge in [0.2, 0.25) is 5.91 Å². The van der Waals surface area contributed by atoms with Gasteiger partial charge in [0, 0.05) is 29.7 Å². The number of nitrogens with one attached hydrogen (secondary N) is 2. The molecule has 1 amide bonds. The lowest BCUT2D eigenvalue weighted by Gasteiger charge is -2.30. The Labute approximate surface area is 148 Å². The van der Waals surface area contributed by atoms with Gasteiger partial charge >= 0.3 is 0 Å². The quantitative estimate of drug-likeness (QED) is 0.895. The molecule has 2 aliphatic rings. The minimum atomic E-state index is 0.0396. The lowest BCUT2D eigenvalue weighted by Crippen LogP contribution is -2.41. The normalized spacial score (nSPS) is 26.7. The Kier molecular flexibility index (Phi) is 4.66. The van der Waals surface area contributed by atoms with Crippen LogP contribution < -0.4 is 10.1 Å². The van der Waals surface area contributed by atoms with Crippen molar-refractivity contribution in [2.75, 3.05) is 20.3 Å². The van der Waals surface area contributed by atoms with E-state index in [4.69, 9.17) is 9.47 Å². The third kappa shape index (κ3) is 3.38. The Morgan fingerprint density at radius 2 is 2.24 bits per heavy atom. The van der Waals surface area contributed by atoms with Crippen molar-refractivity contribution in [2.45, 2.75) is 44.1 Å². The first-order chi connectivity index (χ1) is 12.2. The summed E-state index contributed by atoms with van der Waals surface area (Å²) in [6.45, 7) is 1.28. The number of amides is 1. The van der Waals surface area contributed by atoms with Gasteiger partial charge in [-0.05, 0) is 55.4 Å². The molecule has 4 rings (SSSR count). The number of fused-ring (bicyclic) bond motifs is 1. The van der Waals surface area contributed by atoms with E-state index >= 15 is 0 Å². The van der Waals surface area contributed by atoms with Crippen molar-refractivity contribution in [1.29, 1.82) is 0 Å². The summed E-state index contributed by atoms with van der Waals surface area (Å²) in [5.74, 6) is 1.57. The molecule has 2 aromatic rings. The lowest BCUT2D eigenvalue weighted by molar-refractivity contribution is -0.125. The van der Waals surface area contributed by atoms with Crippen molar-refractivity contribution in [3.8, 4) is 5.75 Å². The molecule has 3 atom stereocenters. The van der Waals surface area contributed by atoms with Crippen molar-refractivity contribution in [3.05, 3.63) is 30.0 Å². The third-order valence-corrected chi connectivity index (χ3v) is 5.68. The predicted molar refractivity (Wildman–Crippen MR) is 96.9 cm³/mol. The molecule has 5 nitrogen and oxygen atoms in total. The maximum Gasteiger partial charge on any atom is 0.225 e. The Balaban J connectivity index is 1.48. The molecule has 0 unspecified atom stereocenters. The first kappa shape index (κ1) is 16.5. The van der Waals surface area contributed by atoms with Crippen molar-refractivity contribution in [1.82, 2.24) is 10.3 Å². The zero-order chi connectivity index (χ0) is 17.2. The second kappa shape index (κ2) is 7.08. The standard InChI is InChI=1S/C20H26N2O3/c1-24-16-5-6-19-17(10-16)18(11-21-19)13-3-2-4-15(9-13)22-20(23)14-7-8-25-12-14/h5-6,10-11,13-15,21H,2-4,7-9,12H2,1H3,(H,22,23)/t13-,14-,15+/m1/s1. The Bertz CT molecular complexity index is 748. The van der Waals surface area contributed by atoms with Gasteiger partial charge in [-0.15, -0.1) is 0 Å². The van der Waals surface area contributed by atoms with Crippen LogP contribution in [0.5, 0.6) is 5.75 Å². The van der Waals surface area contributed by atoms with E-state index in [1.165, 1.54) is 17.4 Å². The number of methoxy groups -OCH3 is 1. The van der Waals surface area contributed by atoms with E-state index in [1.54, 1.807) is 7.11 Å². The summed E-state index contributed by atoms with van der Waals surface area (Å²) in [6.07, 6.45) is 7.37. The highest BCUT2D eigenvalue weighted by Gasteiger charge is 2.29. The van der Waals surface area contributed by atoms with Gasteiger partial charge in [0.1, 0.15) is 5.75 Å². The molecule has 25 heavy (non-hydrogen) atoms. The minimum Gasteiger partial charge on any atom is -0.497 e. The average Bonchev–Trinajstić information content (AvgIpc) is 3.31. The molecular weight excluding hydrogens is 316 g/mol. The van der Waals surface area contributed by atoms with E-state index in [0.717, 1.165) is 36.9 Å². The molecule has 1 saturated heterocycles. The molecule has 2 fully saturated rings. The summed E-state index contributed by atoms with van der Waals surface area (Å²) in [7, 11) is 1.70. The van der Waals surface area contributed by atoms with E-state index in [2.05, 4.69) is 28.6 Å². The molecule has 0 bridgehead atoms. The molecule has 134 valence electrons. The topological polar surface area (TPSA) is 63.3 Å². The van der Waals surface area contributed by atoms with Gasteiger partial charge in [0.05, 0.1) is 19.6 Å². The molecule has 0 spiro atoms. The second-order valence-corrected chi connectivity index (χ2v) is 7.29. The highest BCUT2D eigenvalue weighted by molar-refractivity contribution is 5.85. The number of aromatic nitrogens is 1. The number of carbonyl (C=O) groups excluding carboxylic acids is 1. The van der Waals surface area contributed by atoms with Crippen LogP contribution in [0.3, 0.4) is 0 Å². The SMILES string of the molecule is COc1ccc2[nH]cc([C@@H]3CCC[C@H](NC(=O)[C@@H]4CCOC4)C3)c2c1. The molecule has 2 N–H and O–H groups in total. The first-order valence-corrected chi connectivity index (χ1v) is 9.27. The van der Waals surface area contributed by atoms with Gasteiger partial charge in [-0.25, -0.2) is 0 Å². The fraction of sp³-hybridized carbons (Fsp3) is 0.550. The number of carbonyl (C=O) groups is 1. The highest BCUT2D eigenvalue weighted by atomic mass is 16.5. The van der Waals surface area contributed by atoms with Crippen LogP contribution >= 0.6 is 0 Å². The number of aromatic amines is 1. The van der Waals surface area contributed by atoms with Crippen LogP contribution in [0.1, 0.15) is 43.6 Å². The maximum absolute atomic E-state index is 12.4. The Morgan fingerprint density at radius 1 is 1.32 bits per heavy atom. The van der Waals surface area contributed by atoms with E-state index in [1.807, 2.05) is 6.07 Å². The molecular formula is C20H26N2O3. The largest absolute Gasteiger partial charge is 0.497 e. The summed E-state index contributed by atoms with van der Waals surface area (Å²) in [5.41, 5.74) is 2.49. The number of hydrogen-bond acceptors (Lipinski definition) is 3. The maximum atomic E-state index is 12.4. The fourth-order valence-electron chi connectivity index (χ4n) is 4.25. The van der Waals surface area contributed by atoms with Gasteiger partial charge in [0.25, 0.3) is 0 Å². The van der Waals surface area contributed by atoms with Crippen LogP contribution in [0.15, 0.2) is 24.4 Å². The van der Waals surface area contributed by atoms with Gasteiger partial charge in [0.15, 0.2) is 0 Å². The van der Waals surface area contributed by atoms with Crippen molar-refractivity contribution < 1.29 is 14.3 Å². The van der Waals surface area contributed by atoms with Crippen molar-refractivity contribution in [2.24, 2.45) is 5.92 Å². The molecule has 5 heteroatoms. The van der Waals surface area contributed by atoms with Crippen LogP contribution in [0, 0.1) is 5.92 Å². The Morgan fingerprint density at radius 3 is 3.04 bits per heavy atom. The number of H-pyrrole nitrogens is 1. The molecule has 0 radical (unpaired) electrons. The van der Waals surface area contributed by atoms with Gasteiger partial charge in [-0.1, -0.05) is 6.42 Å². The highest BCUT2D eigenvalue weighted by Crippen LogP contribution is 2.37. The lowest BCUT2D eigenvalue weighted by atomic mass is 9.81. The third-order valence-electron chi connectivity index (χ3n) is 5.68. The zero-order valence-electron chi connectivity index (χ0n) is 14.7. The molecule has 1 aromatic carbocycles. The van der Waals surface area contributed by atoms with Crippen LogP contribution in [0.2, 0.25) is 0 Å². The van der Waals surface area contributed by atoms with E-state index in [0.29, 0.717) is 19.1 Å². The number of benzene rings is 1. The molecule has 1 aliphatic carbocycles. The van der Waals surface area contributed by atoms with Crippen LogP contribution in [0.25, 0.3) is 10.9 Å². The average molecular weight is 342 g/mol. The van der Waals surface area contributed by atoms with Crippen LogP contribution in [-0.4, -0.2) is 37.3 Å². The zero-order valence-corrected chi connectivity index (χ0v) is 14.7. The molecule has 1 aromatic heterocycles. The van der Waals surface area contributed by atoms with E-state index < -0.39 is 0 Å². The number of rotatable bonds is 4. The molecule has 2 heterocycles. The van der Waals surface area contributed by atoms with E-state index in [9.17, 15) is 4.79 Å². The molecule has 1 saturated carbocycles. The smallest absolute Gasteiger partial charge is 0.225 e. The van der Waals surface area contributed by atoms with Crippen LogP contribution in [0.4, 0.5) is 0 Å². The fourth-order valence-corrected chi connectivity index (χ4v) is 4.25. The van der Waals surface area contributed by atoms with Gasteiger partial charge in [-0.2, -0.15) is 0 Å². The molecule has 1 aliphatic heterocycles. The van der Waals surface area contributed by atoms with Crippen LogP contribution in [-0.2, 0) is 9.53 Å². The van der Waals surface area contributed by atoms with E-state index in [-0.39, 0.29) is 17.9 Å².